The summed E-state index contributed by atoms with van der Waals surface area (Å²) in [7, 11) is 0. The second kappa shape index (κ2) is 13.1. The van der Waals surface area contributed by atoms with Crippen molar-refractivity contribution in [3.05, 3.63) is 78.5 Å². The van der Waals surface area contributed by atoms with E-state index in [2.05, 4.69) is 27.9 Å². The van der Waals surface area contributed by atoms with Gasteiger partial charge in [0, 0.05) is 56.5 Å². The van der Waals surface area contributed by atoms with Crippen molar-refractivity contribution in [2.24, 2.45) is 11.3 Å². The highest BCUT2D eigenvalue weighted by Crippen LogP contribution is 2.36. The molecular formula is C34H41N5O4. The lowest BCUT2D eigenvalue weighted by molar-refractivity contribution is -0.140. The highest BCUT2D eigenvalue weighted by Gasteiger charge is 2.41. The Hall–Kier alpha value is -3.98. The third-order valence-electron chi connectivity index (χ3n) is 9.45. The van der Waals surface area contributed by atoms with Crippen molar-refractivity contribution in [1.82, 2.24) is 25.3 Å². The van der Waals surface area contributed by atoms with Gasteiger partial charge in [-0.15, -0.1) is 0 Å². The number of carbonyl (C=O) groups excluding carboxylic acids is 3. The Morgan fingerprint density at radius 1 is 1.00 bits per heavy atom. The minimum absolute atomic E-state index is 0.0703. The maximum atomic E-state index is 13.8. The first-order valence-corrected chi connectivity index (χ1v) is 15.6. The number of allylic oxidation sites excluding steroid dienone is 2. The number of aryl methyl sites for hydroxylation is 1. The van der Waals surface area contributed by atoms with Crippen molar-refractivity contribution in [3.8, 4) is 0 Å². The fourth-order valence-corrected chi connectivity index (χ4v) is 6.77. The molecule has 4 heterocycles. The van der Waals surface area contributed by atoms with E-state index in [-0.39, 0.29) is 29.7 Å². The summed E-state index contributed by atoms with van der Waals surface area (Å²) in [5, 5.41) is 12.0. The topological polar surface area (TPSA) is 106 Å². The van der Waals surface area contributed by atoms with Crippen molar-refractivity contribution >= 4 is 28.6 Å². The van der Waals surface area contributed by atoms with E-state index in [0.717, 1.165) is 22.9 Å². The molecule has 6 rings (SSSR count). The Labute approximate surface area is 252 Å². The van der Waals surface area contributed by atoms with Crippen LogP contribution >= 0.6 is 0 Å². The molecule has 0 unspecified atom stereocenters. The number of fused-ring (bicyclic) bond motifs is 2. The molecule has 2 aromatic carbocycles. The zero-order valence-electron chi connectivity index (χ0n) is 24.6. The molecule has 0 saturated carbocycles. The van der Waals surface area contributed by atoms with Gasteiger partial charge in [-0.1, -0.05) is 60.7 Å². The molecule has 2 N–H and O–H groups in total. The van der Waals surface area contributed by atoms with Crippen LogP contribution in [0.15, 0.2) is 72.9 Å². The molecule has 3 aromatic rings. The molecule has 43 heavy (non-hydrogen) atoms. The van der Waals surface area contributed by atoms with E-state index in [1.54, 1.807) is 0 Å². The minimum atomic E-state index is -0.678. The van der Waals surface area contributed by atoms with E-state index >= 15 is 0 Å². The van der Waals surface area contributed by atoms with Crippen LogP contribution in [0, 0.1) is 11.3 Å². The van der Waals surface area contributed by atoms with E-state index in [0.29, 0.717) is 71.4 Å². The van der Waals surface area contributed by atoms with Gasteiger partial charge in [0.1, 0.15) is 6.04 Å². The Morgan fingerprint density at radius 3 is 2.63 bits per heavy atom. The number of nitrogens with zero attached hydrogens (tertiary/aromatic N) is 3. The van der Waals surface area contributed by atoms with E-state index in [4.69, 9.17) is 4.74 Å². The lowest BCUT2D eigenvalue weighted by Gasteiger charge is -2.40. The van der Waals surface area contributed by atoms with Gasteiger partial charge in [-0.05, 0) is 43.7 Å². The molecule has 1 aromatic heterocycles. The van der Waals surface area contributed by atoms with Gasteiger partial charge in [0.15, 0.2) is 0 Å². The van der Waals surface area contributed by atoms with Crippen LogP contribution in [0.4, 0.5) is 0 Å². The average molecular weight is 584 g/mol. The number of ether oxygens (including phenoxy) is 1. The van der Waals surface area contributed by atoms with Crippen molar-refractivity contribution in [2.75, 3.05) is 26.3 Å². The third-order valence-corrected chi connectivity index (χ3v) is 9.45. The number of hydrogen-bond donors (Lipinski definition) is 2. The summed E-state index contributed by atoms with van der Waals surface area (Å²) in [6.45, 7) is 2.77. The summed E-state index contributed by atoms with van der Waals surface area (Å²) in [6.07, 6.45) is 10.2. The molecule has 3 atom stereocenters. The number of rotatable bonds is 5. The first-order chi connectivity index (χ1) is 21.0. The highest BCUT2D eigenvalue weighted by atomic mass is 16.5. The summed E-state index contributed by atoms with van der Waals surface area (Å²) in [5.41, 5.74) is 1.44. The number of carbonyl (C=O) groups is 3. The Morgan fingerprint density at radius 2 is 1.79 bits per heavy atom. The number of benzene rings is 2. The Kier molecular flexibility index (Phi) is 8.88. The van der Waals surface area contributed by atoms with Gasteiger partial charge in [-0.2, -0.15) is 5.10 Å². The Bertz CT molecular complexity index is 1460. The highest BCUT2D eigenvalue weighted by molar-refractivity contribution is 5.90. The number of likely N-dealkylation sites (tertiary alicyclic amines) is 1. The maximum absolute atomic E-state index is 13.8. The van der Waals surface area contributed by atoms with Crippen molar-refractivity contribution in [2.45, 2.75) is 63.6 Å². The van der Waals surface area contributed by atoms with Gasteiger partial charge in [0.2, 0.25) is 17.7 Å². The number of aromatic nitrogens is 2. The number of para-hydroxylation sites is 1. The van der Waals surface area contributed by atoms with Crippen molar-refractivity contribution in [1.29, 1.82) is 0 Å². The van der Waals surface area contributed by atoms with Crippen LogP contribution in [0.1, 0.15) is 44.1 Å². The smallest absolute Gasteiger partial charge is 0.243 e. The molecule has 2 fully saturated rings. The minimum Gasteiger partial charge on any atom is -0.381 e. The number of hydrogen-bond acceptors (Lipinski definition) is 5. The van der Waals surface area contributed by atoms with E-state index in [1.807, 2.05) is 70.4 Å². The quantitative estimate of drug-likeness (QED) is 0.447. The molecule has 9 heteroatoms. The summed E-state index contributed by atoms with van der Waals surface area (Å²) in [6, 6.07) is 17.1. The van der Waals surface area contributed by atoms with E-state index in [9.17, 15) is 14.4 Å². The molecular weight excluding hydrogens is 542 g/mol. The number of nitrogens with one attached hydrogen (secondary N) is 2. The van der Waals surface area contributed by atoms with Crippen LogP contribution in [0.5, 0.6) is 0 Å². The van der Waals surface area contributed by atoms with Gasteiger partial charge in [-0.25, -0.2) is 0 Å². The summed E-state index contributed by atoms with van der Waals surface area (Å²) >= 11 is 0. The molecule has 3 aliphatic heterocycles. The molecule has 9 nitrogen and oxygen atoms in total. The molecule has 0 radical (unpaired) electrons. The van der Waals surface area contributed by atoms with Gasteiger partial charge >= 0.3 is 0 Å². The normalized spacial score (nSPS) is 25.2. The summed E-state index contributed by atoms with van der Waals surface area (Å²) < 4.78 is 7.50. The summed E-state index contributed by atoms with van der Waals surface area (Å²) in [5.74, 6) is -0.0419. The monoisotopic (exact) mass is 583 g/mol. The van der Waals surface area contributed by atoms with Crippen LogP contribution in [-0.4, -0.2) is 70.8 Å². The van der Waals surface area contributed by atoms with Crippen LogP contribution in [0.2, 0.25) is 0 Å². The fraction of sp³-hybridized carbons (Fsp3) is 0.471. The zero-order chi connectivity index (χ0) is 29.6. The fourth-order valence-electron chi connectivity index (χ4n) is 6.77. The van der Waals surface area contributed by atoms with Gasteiger partial charge in [0.25, 0.3) is 0 Å². The average Bonchev–Trinajstić information content (AvgIpc) is 3.45. The third kappa shape index (κ3) is 6.67. The van der Waals surface area contributed by atoms with Gasteiger partial charge < -0.3 is 20.3 Å². The predicted molar refractivity (Wildman–Crippen MR) is 164 cm³/mol. The lowest BCUT2D eigenvalue weighted by Crippen LogP contribution is -2.58. The molecule has 3 amide bonds. The first kappa shape index (κ1) is 29.1. The summed E-state index contributed by atoms with van der Waals surface area (Å²) in [4.78, 5) is 42.9. The van der Waals surface area contributed by atoms with E-state index in [1.165, 1.54) is 0 Å². The van der Waals surface area contributed by atoms with Crippen LogP contribution in [-0.2, 0) is 32.1 Å². The predicted octanol–water partition coefficient (Wildman–Crippen LogP) is 3.63. The van der Waals surface area contributed by atoms with Crippen LogP contribution < -0.4 is 10.6 Å². The molecule has 2 saturated heterocycles. The second-order valence-electron chi connectivity index (χ2n) is 12.2. The molecule has 3 aliphatic rings. The van der Waals surface area contributed by atoms with Crippen LogP contribution in [0.3, 0.4) is 0 Å². The molecule has 226 valence electrons. The first-order valence-electron chi connectivity index (χ1n) is 15.6. The molecule has 1 spiro atoms. The van der Waals surface area contributed by atoms with Gasteiger partial charge in [0.05, 0.1) is 23.7 Å². The van der Waals surface area contributed by atoms with Crippen molar-refractivity contribution in [3.63, 3.8) is 0 Å². The van der Waals surface area contributed by atoms with E-state index < -0.39 is 11.5 Å². The molecule has 0 bridgehead atoms. The SMILES string of the molecule is O=C1N[C@H]2CCN(C(=O)CCn3ncc4ccccc43)C[C@H]2C/C=C/CC2(CCOCC2)C(=O)N[C@@H]1Cc1ccccc1. The molecule has 0 aliphatic carbocycles. The number of piperidine rings is 1. The standard InChI is InChI=1S/C34H41N5O4/c40-31(14-19-39-30-12-5-4-10-26(30)23-35-39)38-18-13-28-27(24-38)11-6-7-15-34(16-20-43-21-17-34)33(42)37-29(32(41)36-28)22-25-8-2-1-3-9-25/h1-10,12,23,27-29H,11,13-22,24H2,(H,36,41)(H,37,42)/b7-6+/t27-,28+,29-/m1/s1. The van der Waals surface area contributed by atoms with Crippen molar-refractivity contribution < 1.29 is 19.1 Å². The largest absolute Gasteiger partial charge is 0.381 e. The van der Waals surface area contributed by atoms with Gasteiger partial charge in [-0.3, -0.25) is 19.1 Å². The zero-order valence-corrected chi connectivity index (χ0v) is 24.6. The maximum Gasteiger partial charge on any atom is 0.243 e. The van der Waals surface area contributed by atoms with Crippen LogP contribution in [0.25, 0.3) is 10.9 Å². The lowest BCUT2D eigenvalue weighted by atomic mass is 9.75. The second-order valence-corrected chi connectivity index (χ2v) is 12.2. The Balaban J connectivity index is 1.17. The number of amides is 3.